The van der Waals surface area contributed by atoms with Crippen LogP contribution in [-0.2, 0) is 0 Å². The second-order valence-electron chi connectivity index (χ2n) is 4.80. The molecule has 1 aromatic rings. The Balaban J connectivity index is 2.10. The number of nitro benzene ring substituents is 1. The van der Waals surface area contributed by atoms with Crippen LogP contribution >= 0.6 is 12.2 Å². The molecular weight excluding hydrogens is 248 g/mol. The third-order valence-corrected chi connectivity index (χ3v) is 3.76. The van der Waals surface area contributed by atoms with Gasteiger partial charge >= 0.3 is 0 Å². The first kappa shape index (κ1) is 13.0. The third kappa shape index (κ3) is 2.85. The minimum absolute atomic E-state index is 0.105. The maximum Gasteiger partial charge on any atom is 0.269 e. The molecule has 18 heavy (non-hydrogen) atoms. The summed E-state index contributed by atoms with van der Waals surface area (Å²) in [6.45, 7) is 4.20. The highest BCUT2D eigenvalue weighted by molar-refractivity contribution is 7.80. The lowest BCUT2D eigenvalue weighted by molar-refractivity contribution is -0.384. The zero-order valence-corrected chi connectivity index (χ0v) is 11.2. The molecule has 0 aliphatic carbocycles. The summed E-state index contributed by atoms with van der Waals surface area (Å²) in [7, 11) is 0. The molecule has 0 N–H and O–H groups in total. The monoisotopic (exact) mass is 264 g/mol. The summed E-state index contributed by atoms with van der Waals surface area (Å²) in [4.78, 5) is 13.2. The van der Waals surface area contributed by atoms with Gasteiger partial charge in [-0.3, -0.25) is 10.1 Å². The average Bonchev–Trinajstić information content (AvgIpc) is 2.38. The largest absolute Gasteiger partial charge is 0.362 e. The Kier molecular flexibility index (Phi) is 3.91. The number of benzene rings is 1. The molecule has 1 heterocycles. The Hall–Kier alpha value is -1.49. The van der Waals surface area contributed by atoms with Gasteiger partial charge in [-0.2, -0.15) is 0 Å². The van der Waals surface area contributed by atoms with Crippen molar-refractivity contribution in [3.63, 3.8) is 0 Å². The van der Waals surface area contributed by atoms with E-state index in [2.05, 4.69) is 11.8 Å². The number of nitro groups is 1. The molecule has 0 spiro atoms. The van der Waals surface area contributed by atoms with Crippen LogP contribution in [0.15, 0.2) is 24.3 Å². The van der Waals surface area contributed by atoms with E-state index in [9.17, 15) is 10.1 Å². The van der Waals surface area contributed by atoms with Gasteiger partial charge in [0.1, 0.15) is 4.99 Å². The highest BCUT2D eigenvalue weighted by Crippen LogP contribution is 2.20. The SMILES string of the molecule is C[C@H]1CCCN(C(=S)c2ccc([N+](=O)[O-])cc2)C1. The molecule has 1 atom stereocenters. The van der Waals surface area contributed by atoms with Gasteiger partial charge in [-0.15, -0.1) is 0 Å². The second-order valence-corrected chi connectivity index (χ2v) is 5.19. The predicted molar refractivity (Wildman–Crippen MR) is 74.8 cm³/mol. The maximum absolute atomic E-state index is 10.6. The van der Waals surface area contributed by atoms with Gasteiger partial charge in [0, 0.05) is 30.8 Å². The number of non-ortho nitro benzene ring substituents is 1. The van der Waals surface area contributed by atoms with E-state index in [1.807, 2.05) is 0 Å². The molecular formula is C13H16N2O2S. The molecule has 1 aliphatic heterocycles. The lowest BCUT2D eigenvalue weighted by Gasteiger charge is -2.33. The molecule has 2 rings (SSSR count). The van der Waals surface area contributed by atoms with E-state index < -0.39 is 4.92 Å². The summed E-state index contributed by atoms with van der Waals surface area (Å²) < 4.78 is 0. The van der Waals surface area contributed by atoms with Gasteiger partial charge in [0.2, 0.25) is 0 Å². The quantitative estimate of drug-likeness (QED) is 0.468. The Morgan fingerprint density at radius 1 is 1.44 bits per heavy atom. The molecule has 0 radical (unpaired) electrons. The van der Waals surface area contributed by atoms with E-state index in [-0.39, 0.29) is 5.69 Å². The summed E-state index contributed by atoms with van der Waals surface area (Å²) in [5.74, 6) is 0.662. The fraction of sp³-hybridized carbons (Fsp3) is 0.462. The molecule has 4 nitrogen and oxygen atoms in total. The van der Waals surface area contributed by atoms with Crippen molar-refractivity contribution in [1.29, 1.82) is 0 Å². The fourth-order valence-electron chi connectivity index (χ4n) is 2.28. The highest BCUT2D eigenvalue weighted by atomic mass is 32.1. The van der Waals surface area contributed by atoms with Gasteiger partial charge in [-0.25, -0.2) is 0 Å². The Labute approximate surface area is 112 Å². The lowest BCUT2D eigenvalue weighted by Crippen LogP contribution is -2.38. The standard InChI is InChI=1S/C13H16N2O2S/c1-10-3-2-8-14(9-10)13(18)11-4-6-12(7-5-11)15(16)17/h4-7,10H,2-3,8-9H2,1H3/t10-/m0/s1. The Morgan fingerprint density at radius 3 is 2.67 bits per heavy atom. The molecule has 1 aliphatic rings. The zero-order valence-electron chi connectivity index (χ0n) is 10.3. The third-order valence-electron chi connectivity index (χ3n) is 3.27. The van der Waals surface area contributed by atoms with Crippen LogP contribution in [0.5, 0.6) is 0 Å². The first-order valence-electron chi connectivity index (χ1n) is 6.11. The molecule has 1 aromatic carbocycles. The second kappa shape index (κ2) is 5.44. The molecule has 0 unspecified atom stereocenters. The molecule has 1 fully saturated rings. The van der Waals surface area contributed by atoms with Crippen molar-refractivity contribution in [1.82, 2.24) is 4.90 Å². The summed E-state index contributed by atoms with van der Waals surface area (Å²) in [6, 6.07) is 6.49. The molecule has 0 aromatic heterocycles. The van der Waals surface area contributed by atoms with Crippen molar-refractivity contribution in [2.45, 2.75) is 19.8 Å². The van der Waals surface area contributed by atoms with E-state index in [1.165, 1.54) is 18.6 Å². The van der Waals surface area contributed by atoms with Crippen LogP contribution in [0.1, 0.15) is 25.3 Å². The number of likely N-dealkylation sites (tertiary alicyclic amines) is 1. The van der Waals surface area contributed by atoms with Crippen LogP contribution in [-0.4, -0.2) is 27.9 Å². The minimum atomic E-state index is -0.393. The number of piperidine rings is 1. The summed E-state index contributed by atoms with van der Waals surface area (Å²) in [5.41, 5.74) is 0.998. The summed E-state index contributed by atoms with van der Waals surface area (Å²) in [5, 5.41) is 10.6. The van der Waals surface area contributed by atoms with Crippen molar-refractivity contribution < 1.29 is 4.92 Å². The van der Waals surface area contributed by atoms with Gasteiger partial charge in [0.25, 0.3) is 5.69 Å². The van der Waals surface area contributed by atoms with Gasteiger partial charge in [-0.1, -0.05) is 19.1 Å². The summed E-state index contributed by atoms with van der Waals surface area (Å²) in [6.07, 6.45) is 2.41. The number of hydrogen-bond donors (Lipinski definition) is 0. The molecule has 0 bridgehead atoms. The van der Waals surface area contributed by atoms with Gasteiger partial charge in [-0.05, 0) is 30.9 Å². The number of thiocarbonyl (C=S) groups is 1. The Bertz CT molecular complexity index is 459. The van der Waals surface area contributed by atoms with Crippen LogP contribution < -0.4 is 0 Å². The van der Waals surface area contributed by atoms with E-state index >= 15 is 0 Å². The smallest absolute Gasteiger partial charge is 0.269 e. The van der Waals surface area contributed by atoms with E-state index in [1.54, 1.807) is 12.1 Å². The van der Waals surface area contributed by atoms with Crippen molar-refractivity contribution in [2.75, 3.05) is 13.1 Å². The van der Waals surface area contributed by atoms with E-state index in [0.29, 0.717) is 5.92 Å². The van der Waals surface area contributed by atoms with Gasteiger partial charge in [0.05, 0.1) is 4.92 Å². The maximum atomic E-state index is 10.6. The van der Waals surface area contributed by atoms with Crippen LogP contribution in [0.2, 0.25) is 0 Å². The minimum Gasteiger partial charge on any atom is -0.362 e. The van der Waals surface area contributed by atoms with Crippen molar-refractivity contribution in [2.24, 2.45) is 5.92 Å². The normalized spacial score (nSPS) is 19.6. The number of rotatable bonds is 2. The highest BCUT2D eigenvalue weighted by Gasteiger charge is 2.19. The molecule has 0 saturated carbocycles. The predicted octanol–water partition coefficient (Wildman–Crippen LogP) is 3.00. The van der Waals surface area contributed by atoms with Gasteiger partial charge in [0.15, 0.2) is 0 Å². The van der Waals surface area contributed by atoms with Crippen LogP contribution in [0.4, 0.5) is 5.69 Å². The molecule has 5 heteroatoms. The molecule has 1 saturated heterocycles. The van der Waals surface area contributed by atoms with Crippen LogP contribution in [0.25, 0.3) is 0 Å². The van der Waals surface area contributed by atoms with E-state index in [4.69, 9.17) is 12.2 Å². The molecule has 0 amide bonds. The summed E-state index contributed by atoms with van der Waals surface area (Å²) >= 11 is 5.46. The first-order chi connectivity index (χ1) is 8.58. The number of nitrogens with zero attached hydrogens (tertiary/aromatic N) is 2. The first-order valence-corrected chi connectivity index (χ1v) is 6.52. The molecule has 96 valence electrons. The topological polar surface area (TPSA) is 46.4 Å². The fourth-order valence-corrected chi connectivity index (χ4v) is 2.58. The van der Waals surface area contributed by atoms with E-state index in [0.717, 1.165) is 30.1 Å². The van der Waals surface area contributed by atoms with Crippen LogP contribution in [0.3, 0.4) is 0 Å². The van der Waals surface area contributed by atoms with Crippen molar-refractivity contribution >= 4 is 22.9 Å². The zero-order chi connectivity index (χ0) is 13.1. The van der Waals surface area contributed by atoms with Crippen molar-refractivity contribution in [3.8, 4) is 0 Å². The van der Waals surface area contributed by atoms with Crippen molar-refractivity contribution in [3.05, 3.63) is 39.9 Å². The Morgan fingerprint density at radius 2 is 2.11 bits per heavy atom. The average molecular weight is 264 g/mol. The lowest BCUT2D eigenvalue weighted by atomic mass is 10.00. The van der Waals surface area contributed by atoms with Gasteiger partial charge < -0.3 is 4.90 Å². The number of hydrogen-bond acceptors (Lipinski definition) is 3. The van der Waals surface area contributed by atoms with Crippen LogP contribution in [0, 0.1) is 16.0 Å².